The molecule has 1 aromatic heterocycles. The van der Waals surface area contributed by atoms with E-state index in [0.717, 1.165) is 31.3 Å². The second kappa shape index (κ2) is 6.67. The van der Waals surface area contributed by atoms with Crippen molar-refractivity contribution >= 4 is 23.3 Å². The Kier molecular flexibility index (Phi) is 4.49. The molecule has 0 N–H and O–H groups in total. The minimum absolute atomic E-state index is 0.0381. The van der Waals surface area contributed by atoms with E-state index in [1.807, 2.05) is 11.4 Å². The Labute approximate surface area is 156 Å². The maximum atomic E-state index is 12.1. The minimum Gasteiger partial charge on any atom is -0.457 e. The summed E-state index contributed by atoms with van der Waals surface area (Å²) in [6.45, 7) is 6.26. The molecule has 2 aliphatic heterocycles. The van der Waals surface area contributed by atoms with Crippen LogP contribution in [0.2, 0.25) is 0 Å². The van der Waals surface area contributed by atoms with E-state index in [0.29, 0.717) is 10.5 Å². The molecule has 0 radical (unpaired) electrons. The van der Waals surface area contributed by atoms with Crippen LogP contribution >= 0.6 is 11.3 Å². The molecule has 3 aliphatic rings. The van der Waals surface area contributed by atoms with E-state index < -0.39 is 0 Å². The van der Waals surface area contributed by atoms with E-state index in [2.05, 4.69) is 19.6 Å². The van der Waals surface area contributed by atoms with Gasteiger partial charge in [-0.05, 0) is 49.6 Å². The van der Waals surface area contributed by atoms with Gasteiger partial charge in [0, 0.05) is 11.5 Å². The summed E-state index contributed by atoms with van der Waals surface area (Å²) in [5.74, 6) is -0.646. The zero-order valence-corrected chi connectivity index (χ0v) is 15.6. The summed E-state index contributed by atoms with van der Waals surface area (Å²) in [4.78, 5) is 24.7. The number of carbonyl (C=O) groups excluding carboxylic acids is 2. The van der Waals surface area contributed by atoms with Crippen molar-refractivity contribution in [1.82, 2.24) is 0 Å². The van der Waals surface area contributed by atoms with Crippen molar-refractivity contribution < 1.29 is 23.8 Å². The van der Waals surface area contributed by atoms with Gasteiger partial charge in [0.25, 0.3) is 0 Å². The van der Waals surface area contributed by atoms with Crippen molar-refractivity contribution in [2.24, 2.45) is 5.92 Å². The molecule has 138 valence electrons. The number of rotatable bonds is 3. The van der Waals surface area contributed by atoms with Crippen LogP contribution in [0.4, 0.5) is 0 Å². The summed E-state index contributed by atoms with van der Waals surface area (Å²) in [5.41, 5.74) is 1.35. The zero-order chi connectivity index (χ0) is 18.3. The van der Waals surface area contributed by atoms with Crippen molar-refractivity contribution in [2.45, 2.75) is 50.4 Å². The van der Waals surface area contributed by atoms with Gasteiger partial charge in [-0.2, -0.15) is 0 Å². The molecule has 4 rings (SSSR count). The number of epoxide rings is 1. The first-order valence-corrected chi connectivity index (χ1v) is 9.82. The van der Waals surface area contributed by atoms with Gasteiger partial charge in [-0.25, -0.2) is 9.59 Å². The Morgan fingerprint density at radius 1 is 1.50 bits per heavy atom. The third-order valence-electron chi connectivity index (χ3n) is 5.55. The molecule has 6 heteroatoms. The summed E-state index contributed by atoms with van der Waals surface area (Å²) in [6, 6.07) is 3.59. The van der Waals surface area contributed by atoms with Crippen molar-refractivity contribution in [3.05, 3.63) is 46.2 Å². The number of thiophene rings is 1. The van der Waals surface area contributed by atoms with Crippen LogP contribution in [0, 0.1) is 5.92 Å². The van der Waals surface area contributed by atoms with Gasteiger partial charge in [-0.1, -0.05) is 18.7 Å². The molecule has 2 saturated heterocycles. The summed E-state index contributed by atoms with van der Waals surface area (Å²) in [6.07, 6.45) is 5.06. The molecule has 0 unspecified atom stereocenters. The number of allylic oxidation sites excluding steroid dienone is 1. The van der Waals surface area contributed by atoms with Gasteiger partial charge >= 0.3 is 11.9 Å². The lowest BCUT2D eigenvalue weighted by atomic mass is 9.84. The quantitative estimate of drug-likeness (QED) is 0.350. The third-order valence-corrected chi connectivity index (χ3v) is 6.40. The molecule has 0 aromatic carbocycles. The smallest absolute Gasteiger partial charge is 0.348 e. The largest absolute Gasteiger partial charge is 0.457 e. The molecule has 26 heavy (non-hydrogen) atoms. The first kappa shape index (κ1) is 17.5. The Morgan fingerprint density at radius 2 is 2.35 bits per heavy atom. The number of hydrogen-bond acceptors (Lipinski definition) is 6. The molecule has 3 heterocycles. The van der Waals surface area contributed by atoms with E-state index in [-0.39, 0.29) is 42.3 Å². The SMILES string of the molecule is C=C1C(=O)O[C@H]2[C@H]1CC/C(COC(=O)c1cccs1)=C/CC[C@@]1(C)O[C@@H]21. The summed E-state index contributed by atoms with van der Waals surface area (Å²) >= 11 is 1.37. The normalized spacial score (nSPS) is 35.6. The fourth-order valence-corrected chi connectivity index (χ4v) is 4.49. The van der Waals surface area contributed by atoms with Gasteiger partial charge in [-0.15, -0.1) is 11.3 Å². The van der Waals surface area contributed by atoms with Crippen LogP contribution in [0.3, 0.4) is 0 Å². The molecular formula is C20H22O5S. The van der Waals surface area contributed by atoms with Gasteiger partial charge < -0.3 is 14.2 Å². The van der Waals surface area contributed by atoms with Crippen LogP contribution in [-0.4, -0.2) is 36.4 Å². The van der Waals surface area contributed by atoms with E-state index in [4.69, 9.17) is 14.2 Å². The molecule has 4 atom stereocenters. The standard InChI is InChI=1S/C20H22O5S/c1-12-14-8-7-13(11-23-19(22)15-6-4-10-26-15)5-3-9-20(2)17(25-20)16(14)24-18(12)21/h4-6,10,14,16-17H,1,3,7-9,11H2,2H3/b13-5-/t14-,16-,17-,20+/m0/s1. The van der Waals surface area contributed by atoms with Crippen LogP contribution in [0.15, 0.2) is 41.3 Å². The van der Waals surface area contributed by atoms with Crippen LogP contribution in [0.1, 0.15) is 42.3 Å². The Bertz CT molecular complexity index is 765. The van der Waals surface area contributed by atoms with E-state index in [9.17, 15) is 9.59 Å². The van der Waals surface area contributed by atoms with Crippen molar-refractivity contribution in [2.75, 3.05) is 6.61 Å². The average Bonchev–Trinajstić information content (AvgIpc) is 2.98. The Morgan fingerprint density at radius 3 is 3.12 bits per heavy atom. The second-order valence-electron chi connectivity index (χ2n) is 7.35. The van der Waals surface area contributed by atoms with Crippen LogP contribution < -0.4 is 0 Å². The summed E-state index contributed by atoms with van der Waals surface area (Å²) < 4.78 is 16.9. The lowest BCUT2D eigenvalue weighted by molar-refractivity contribution is -0.140. The number of fused-ring (bicyclic) bond motifs is 3. The molecule has 1 aromatic rings. The highest BCUT2D eigenvalue weighted by atomic mass is 32.1. The molecular weight excluding hydrogens is 352 g/mol. The second-order valence-corrected chi connectivity index (χ2v) is 8.29. The maximum Gasteiger partial charge on any atom is 0.348 e. The number of hydrogen-bond donors (Lipinski definition) is 0. The number of ether oxygens (including phenoxy) is 3. The van der Waals surface area contributed by atoms with Crippen LogP contribution in [0.25, 0.3) is 0 Å². The zero-order valence-electron chi connectivity index (χ0n) is 14.7. The molecule has 0 bridgehead atoms. The van der Waals surface area contributed by atoms with E-state index >= 15 is 0 Å². The minimum atomic E-state index is -0.313. The monoisotopic (exact) mass is 374 g/mol. The molecule has 0 saturated carbocycles. The Balaban J connectivity index is 1.45. The maximum absolute atomic E-state index is 12.1. The number of carbonyl (C=O) groups is 2. The highest BCUT2D eigenvalue weighted by Crippen LogP contribution is 2.49. The van der Waals surface area contributed by atoms with Crippen LogP contribution in [0.5, 0.6) is 0 Å². The van der Waals surface area contributed by atoms with Crippen LogP contribution in [-0.2, 0) is 19.0 Å². The lowest BCUT2D eigenvalue weighted by Gasteiger charge is -2.20. The molecule has 5 nitrogen and oxygen atoms in total. The van der Waals surface area contributed by atoms with Gasteiger partial charge in [0.05, 0.1) is 5.60 Å². The fraction of sp³-hybridized carbons (Fsp3) is 0.500. The van der Waals surface area contributed by atoms with Gasteiger partial charge in [0.15, 0.2) is 0 Å². The van der Waals surface area contributed by atoms with Gasteiger partial charge in [0.2, 0.25) is 0 Å². The van der Waals surface area contributed by atoms with Gasteiger partial charge in [-0.3, -0.25) is 0 Å². The molecule has 0 spiro atoms. The van der Waals surface area contributed by atoms with Crippen molar-refractivity contribution in [3.63, 3.8) is 0 Å². The molecule has 2 fully saturated rings. The van der Waals surface area contributed by atoms with E-state index in [1.54, 1.807) is 6.07 Å². The predicted octanol–water partition coefficient (Wildman–Crippen LogP) is 3.66. The highest BCUT2D eigenvalue weighted by molar-refractivity contribution is 7.11. The average molecular weight is 374 g/mol. The first-order valence-electron chi connectivity index (χ1n) is 8.94. The summed E-state index contributed by atoms with van der Waals surface area (Å²) in [5, 5.41) is 1.86. The fourth-order valence-electron chi connectivity index (χ4n) is 3.88. The predicted molar refractivity (Wildman–Crippen MR) is 96.9 cm³/mol. The van der Waals surface area contributed by atoms with Crippen molar-refractivity contribution in [3.8, 4) is 0 Å². The molecule has 0 amide bonds. The molecule has 1 aliphatic carbocycles. The highest BCUT2D eigenvalue weighted by Gasteiger charge is 2.61. The van der Waals surface area contributed by atoms with Crippen molar-refractivity contribution in [1.29, 1.82) is 0 Å². The van der Waals surface area contributed by atoms with E-state index in [1.165, 1.54) is 11.3 Å². The van der Waals surface area contributed by atoms with Gasteiger partial charge in [0.1, 0.15) is 23.7 Å². The topological polar surface area (TPSA) is 65.1 Å². The summed E-state index contributed by atoms with van der Waals surface area (Å²) in [7, 11) is 0. The third kappa shape index (κ3) is 3.23. The number of esters is 2. The Hall–Kier alpha value is -1.92. The lowest BCUT2D eigenvalue weighted by Crippen LogP contribution is -2.29. The first-order chi connectivity index (χ1) is 12.5.